The van der Waals surface area contributed by atoms with Crippen molar-refractivity contribution in [3.05, 3.63) is 18.2 Å². The van der Waals surface area contributed by atoms with Crippen LogP contribution < -0.4 is 14.8 Å². The molecule has 3 nitrogen and oxygen atoms in total. The SMILES string of the molecule is COc1ccc(NC(C)CC2CC2)cc1OC(F)F. The van der Waals surface area contributed by atoms with E-state index in [1.807, 2.05) is 0 Å². The minimum absolute atomic E-state index is 0.0566. The van der Waals surface area contributed by atoms with Crippen molar-refractivity contribution in [3.63, 3.8) is 0 Å². The highest BCUT2D eigenvalue weighted by atomic mass is 19.3. The fourth-order valence-corrected chi connectivity index (χ4v) is 2.15. The number of methoxy groups -OCH3 is 1. The highest BCUT2D eigenvalue weighted by molar-refractivity contribution is 5.55. The Bertz CT molecular complexity index is 422. The second-order valence-corrected chi connectivity index (χ2v) is 4.97. The van der Waals surface area contributed by atoms with E-state index in [2.05, 4.69) is 17.0 Å². The van der Waals surface area contributed by atoms with Crippen molar-refractivity contribution < 1.29 is 18.3 Å². The van der Waals surface area contributed by atoms with Gasteiger partial charge in [-0.25, -0.2) is 0 Å². The fraction of sp³-hybridized carbons (Fsp3) is 0.571. The maximum atomic E-state index is 12.3. The lowest BCUT2D eigenvalue weighted by Crippen LogP contribution is -2.15. The minimum Gasteiger partial charge on any atom is -0.493 e. The number of benzene rings is 1. The van der Waals surface area contributed by atoms with Crippen LogP contribution in [0.1, 0.15) is 26.2 Å². The minimum atomic E-state index is -2.85. The van der Waals surface area contributed by atoms with E-state index in [1.54, 1.807) is 18.2 Å². The molecule has 1 aliphatic rings. The molecule has 1 N–H and O–H groups in total. The quantitative estimate of drug-likeness (QED) is 0.816. The predicted octanol–water partition coefficient (Wildman–Crippen LogP) is 3.90. The third kappa shape index (κ3) is 4.26. The monoisotopic (exact) mass is 271 g/mol. The number of hydrogen-bond donors (Lipinski definition) is 1. The normalized spacial score (nSPS) is 16.3. The smallest absolute Gasteiger partial charge is 0.387 e. The topological polar surface area (TPSA) is 30.5 Å². The molecule has 2 rings (SSSR count). The summed E-state index contributed by atoms with van der Waals surface area (Å²) in [4.78, 5) is 0. The third-order valence-electron chi connectivity index (χ3n) is 3.18. The molecule has 0 spiro atoms. The molecule has 0 aromatic heterocycles. The molecule has 106 valence electrons. The van der Waals surface area contributed by atoms with E-state index in [0.29, 0.717) is 11.8 Å². The van der Waals surface area contributed by atoms with Crippen molar-refractivity contribution in [1.82, 2.24) is 0 Å². The van der Waals surface area contributed by atoms with Crippen molar-refractivity contribution >= 4 is 5.69 Å². The molecule has 0 radical (unpaired) electrons. The van der Waals surface area contributed by atoms with Crippen molar-refractivity contribution in [3.8, 4) is 11.5 Å². The van der Waals surface area contributed by atoms with Gasteiger partial charge in [0.15, 0.2) is 11.5 Å². The summed E-state index contributed by atoms with van der Waals surface area (Å²) >= 11 is 0. The van der Waals surface area contributed by atoms with Gasteiger partial charge in [-0.3, -0.25) is 0 Å². The summed E-state index contributed by atoms with van der Waals surface area (Å²) in [5, 5.41) is 3.30. The standard InChI is InChI=1S/C14H19F2NO2/c1-9(7-10-3-4-10)17-11-5-6-12(18-2)13(8-11)19-14(15)16/h5-6,8-10,14,17H,3-4,7H2,1-2H3. The van der Waals surface area contributed by atoms with E-state index in [1.165, 1.54) is 20.0 Å². The van der Waals surface area contributed by atoms with Crippen LogP contribution in [0.5, 0.6) is 11.5 Å². The first kappa shape index (κ1) is 13.9. The van der Waals surface area contributed by atoms with Crippen molar-refractivity contribution in [2.45, 2.75) is 38.8 Å². The van der Waals surface area contributed by atoms with Gasteiger partial charge in [0.25, 0.3) is 0 Å². The maximum absolute atomic E-state index is 12.3. The Hall–Kier alpha value is -1.52. The van der Waals surface area contributed by atoms with Crippen LogP contribution in [0.15, 0.2) is 18.2 Å². The highest BCUT2D eigenvalue weighted by Gasteiger charge is 2.23. The van der Waals surface area contributed by atoms with Crippen LogP contribution in [0, 0.1) is 5.92 Å². The lowest BCUT2D eigenvalue weighted by molar-refractivity contribution is -0.0511. The van der Waals surface area contributed by atoms with Gasteiger partial charge < -0.3 is 14.8 Å². The largest absolute Gasteiger partial charge is 0.493 e. The first-order chi connectivity index (χ1) is 9.08. The number of halogens is 2. The molecular weight excluding hydrogens is 252 g/mol. The van der Waals surface area contributed by atoms with Gasteiger partial charge in [0.1, 0.15) is 0 Å². The Morgan fingerprint density at radius 3 is 2.63 bits per heavy atom. The van der Waals surface area contributed by atoms with Crippen LogP contribution in [0.3, 0.4) is 0 Å². The molecule has 5 heteroatoms. The molecule has 0 amide bonds. The van der Waals surface area contributed by atoms with Gasteiger partial charge in [0.05, 0.1) is 7.11 Å². The number of alkyl halides is 2. The maximum Gasteiger partial charge on any atom is 0.387 e. The summed E-state index contributed by atoms with van der Waals surface area (Å²) in [6.45, 7) is -0.760. The van der Waals surface area contributed by atoms with Crippen molar-refractivity contribution in [1.29, 1.82) is 0 Å². The molecule has 1 aromatic carbocycles. The average molecular weight is 271 g/mol. The third-order valence-corrected chi connectivity index (χ3v) is 3.18. The molecule has 1 fully saturated rings. The van der Waals surface area contributed by atoms with Crippen LogP contribution in [0.4, 0.5) is 14.5 Å². The molecule has 1 aliphatic carbocycles. The van der Waals surface area contributed by atoms with Crippen LogP contribution in [-0.2, 0) is 0 Å². The molecule has 19 heavy (non-hydrogen) atoms. The molecule has 1 aromatic rings. The molecule has 0 aliphatic heterocycles. The second kappa shape index (κ2) is 6.08. The molecule has 1 saturated carbocycles. The van der Waals surface area contributed by atoms with E-state index >= 15 is 0 Å². The van der Waals surface area contributed by atoms with Crippen molar-refractivity contribution in [2.75, 3.05) is 12.4 Å². The lowest BCUT2D eigenvalue weighted by atomic mass is 10.1. The second-order valence-electron chi connectivity index (χ2n) is 4.97. The number of nitrogens with one attached hydrogen (secondary N) is 1. The Morgan fingerprint density at radius 1 is 1.32 bits per heavy atom. The zero-order chi connectivity index (χ0) is 13.8. The van der Waals surface area contributed by atoms with Crippen LogP contribution in [0.25, 0.3) is 0 Å². The summed E-state index contributed by atoms with van der Waals surface area (Å²) in [6, 6.07) is 5.30. The Labute approximate surface area is 111 Å². The van der Waals surface area contributed by atoms with Gasteiger partial charge >= 0.3 is 6.61 Å². The highest BCUT2D eigenvalue weighted by Crippen LogP contribution is 2.35. The van der Waals surface area contributed by atoms with Gasteiger partial charge in [-0.1, -0.05) is 12.8 Å². The van der Waals surface area contributed by atoms with E-state index in [-0.39, 0.29) is 5.75 Å². The summed E-state index contributed by atoms with van der Waals surface area (Å²) in [5.74, 6) is 1.18. The molecule has 0 heterocycles. The van der Waals surface area contributed by atoms with Gasteiger partial charge in [0.2, 0.25) is 0 Å². The first-order valence-corrected chi connectivity index (χ1v) is 6.48. The molecular formula is C14H19F2NO2. The van der Waals surface area contributed by atoms with E-state index in [9.17, 15) is 8.78 Å². The average Bonchev–Trinajstić information content (AvgIpc) is 3.12. The number of anilines is 1. The Balaban J connectivity index is 2.03. The molecule has 0 bridgehead atoms. The van der Waals surface area contributed by atoms with Crippen LogP contribution >= 0.6 is 0 Å². The van der Waals surface area contributed by atoms with Gasteiger partial charge in [-0.05, 0) is 31.4 Å². The molecule has 1 atom stereocenters. The molecule has 1 unspecified atom stereocenters. The van der Waals surface area contributed by atoms with Gasteiger partial charge in [0, 0.05) is 17.8 Å². The van der Waals surface area contributed by atoms with E-state index in [0.717, 1.165) is 18.0 Å². The number of rotatable bonds is 7. The summed E-state index contributed by atoms with van der Waals surface area (Å²) in [7, 11) is 1.43. The number of hydrogen-bond acceptors (Lipinski definition) is 3. The van der Waals surface area contributed by atoms with E-state index < -0.39 is 6.61 Å². The lowest BCUT2D eigenvalue weighted by Gasteiger charge is -2.17. The van der Waals surface area contributed by atoms with Crippen LogP contribution in [0.2, 0.25) is 0 Å². The summed E-state index contributed by atoms with van der Waals surface area (Å²) in [5.41, 5.74) is 0.768. The predicted molar refractivity (Wildman–Crippen MR) is 70.1 cm³/mol. The molecule has 0 saturated heterocycles. The first-order valence-electron chi connectivity index (χ1n) is 6.48. The van der Waals surface area contributed by atoms with E-state index in [4.69, 9.17) is 4.74 Å². The van der Waals surface area contributed by atoms with Crippen molar-refractivity contribution in [2.24, 2.45) is 5.92 Å². The number of ether oxygens (including phenoxy) is 2. The Kier molecular flexibility index (Phi) is 4.45. The van der Waals surface area contributed by atoms with Gasteiger partial charge in [-0.15, -0.1) is 0 Å². The fourth-order valence-electron chi connectivity index (χ4n) is 2.15. The Morgan fingerprint density at radius 2 is 2.05 bits per heavy atom. The van der Waals surface area contributed by atoms with Gasteiger partial charge in [-0.2, -0.15) is 8.78 Å². The van der Waals surface area contributed by atoms with Crippen LogP contribution in [-0.4, -0.2) is 19.8 Å². The summed E-state index contributed by atoms with van der Waals surface area (Å²) < 4.78 is 34.1. The zero-order valence-corrected chi connectivity index (χ0v) is 11.2. The summed E-state index contributed by atoms with van der Waals surface area (Å²) in [6.07, 6.45) is 3.71. The zero-order valence-electron chi connectivity index (χ0n) is 11.2.